The van der Waals surface area contributed by atoms with Gasteiger partial charge < -0.3 is 9.64 Å². The number of benzene rings is 1. The van der Waals surface area contributed by atoms with Gasteiger partial charge in [-0.2, -0.15) is 0 Å². The van der Waals surface area contributed by atoms with Gasteiger partial charge in [0.1, 0.15) is 18.2 Å². The number of fused-ring (bicyclic) bond motifs is 1. The molecule has 1 aromatic rings. The Bertz CT molecular complexity index is 521. The van der Waals surface area contributed by atoms with Crippen LogP contribution in [0.1, 0.15) is 22.8 Å². The van der Waals surface area contributed by atoms with Crippen molar-refractivity contribution in [1.29, 1.82) is 0 Å². The summed E-state index contributed by atoms with van der Waals surface area (Å²) in [6.45, 7) is 6.49. The molecule has 0 bridgehead atoms. The van der Waals surface area contributed by atoms with Crippen LogP contribution in [0.2, 0.25) is 0 Å². The molecule has 0 saturated carbocycles. The Kier molecular flexibility index (Phi) is 3.46. The van der Waals surface area contributed by atoms with Gasteiger partial charge in [0.2, 0.25) is 0 Å². The molecule has 4 nitrogen and oxygen atoms in total. The number of aliphatic imine (C=N–C) groups is 1. The Labute approximate surface area is 107 Å². The summed E-state index contributed by atoms with van der Waals surface area (Å²) in [6, 6.07) is 5.44. The van der Waals surface area contributed by atoms with Crippen molar-refractivity contribution in [2.45, 2.75) is 6.92 Å². The van der Waals surface area contributed by atoms with Crippen LogP contribution >= 0.6 is 0 Å². The van der Waals surface area contributed by atoms with Crippen molar-refractivity contribution in [3.8, 4) is 5.75 Å². The number of hydrogen-bond acceptors (Lipinski definition) is 3. The van der Waals surface area contributed by atoms with Gasteiger partial charge in [-0.1, -0.05) is 12.6 Å². The average Bonchev–Trinajstić information content (AvgIpc) is 2.49. The van der Waals surface area contributed by atoms with Crippen LogP contribution in [-0.2, 0) is 0 Å². The summed E-state index contributed by atoms with van der Waals surface area (Å²) in [5.41, 5.74) is 1.54. The van der Waals surface area contributed by atoms with E-state index in [1.807, 2.05) is 18.0 Å². The first-order chi connectivity index (χ1) is 8.63. The van der Waals surface area contributed by atoms with E-state index in [2.05, 4.69) is 11.6 Å². The summed E-state index contributed by atoms with van der Waals surface area (Å²) in [4.78, 5) is 17.7. The monoisotopic (exact) mass is 244 g/mol. The second-order valence-electron chi connectivity index (χ2n) is 4.17. The third kappa shape index (κ3) is 2.27. The van der Waals surface area contributed by atoms with Crippen LogP contribution in [0, 0.1) is 0 Å². The van der Waals surface area contributed by atoms with Crippen LogP contribution in [0.5, 0.6) is 5.75 Å². The van der Waals surface area contributed by atoms with E-state index < -0.39 is 0 Å². The lowest BCUT2D eigenvalue weighted by atomic mass is 10.1. The summed E-state index contributed by atoms with van der Waals surface area (Å²) >= 11 is 0. The number of likely N-dealkylation sites (N-methyl/N-ethyl adjacent to an activating group) is 1. The maximum atomic E-state index is 11.4. The lowest BCUT2D eigenvalue weighted by Gasteiger charge is -2.17. The number of hydrogen-bond donors (Lipinski definition) is 0. The van der Waals surface area contributed by atoms with E-state index in [0.717, 1.165) is 17.9 Å². The Morgan fingerprint density at radius 1 is 1.56 bits per heavy atom. The van der Waals surface area contributed by atoms with Crippen molar-refractivity contribution < 1.29 is 9.53 Å². The number of nitrogens with zero attached hydrogens (tertiary/aromatic N) is 2. The highest BCUT2D eigenvalue weighted by Crippen LogP contribution is 2.25. The molecule has 0 aromatic heterocycles. The van der Waals surface area contributed by atoms with E-state index in [4.69, 9.17) is 4.74 Å². The first-order valence-electron chi connectivity index (χ1n) is 5.81. The zero-order valence-corrected chi connectivity index (χ0v) is 10.6. The number of ether oxygens (including phenoxy) is 1. The SMILES string of the molecule is C=CN=C1c2ccc(C(C)=O)cc2OCCN1C. The lowest BCUT2D eigenvalue weighted by molar-refractivity contribution is 0.101. The van der Waals surface area contributed by atoms with E-state index in [0.29, 0.717) is 17.9 Å². The number of amidine groups is 1. The van der Waals surface area contributed by atoms with Crippen LogP contribution in [0.3, 0.4) is 0 Å². The Morgan fingerprint density at radius 3 is 3.00 bits per heavy atom. The molecular weight excluding hydrogens is 228 g/mol. The third-order valence-corrected chi connectivity index (χ3v) is 2.89. The van der Waals surface area contributed by atoms with E-state index in [1.165, 1.54) is 6.20 Å². The number of ketones is 1. The maximum absolute atomic E-state index is 11.4. The summed E-state index contributed by atoms with van der Waals surface area (Å²) in [5.74, 6) is 1.54. The van der Waals surface area contributed by atoms with Gasteiger partial charge in [-0.25, -0.2) is 4.99 Å². The van der Waals surface area contributed by atoms with Gasteiger partial charge in [0.05, 0.1) is 12.1 Å². The van der Waals surface area contributed by atoms with Crippen LogP contribution in [0.25, 0.3) is 0 Å². The zero-order chi connectivity index (χ0) is 13.1. The first-order valence-corrected chi connectivity index (χ1v) is 5.81. The van der Waals surface area contributed by atoms with Crippen LogP contribution < -0.4 is 4.74 Å². The molecule has 0 saturated heterocycles. The van der Waals surface area contributed by atoms with Gasteiger partial charge in [0, 0.05) is 18.8 Å². The molecule has 1 aliphatic heterocycles. The number of carbonyl (C=O) groups is 1. The molecule has 18 heavy (non-hydrogen) atoms. The predicted octanol–water partition coefficient (Wildman–Crippen LogP) is 2.10. The molecule has 4 heteroatoms. The molecule has 1 heterocycles. The topological polar surface area (TPSA) is 41.9 Å². The van der Waals surface area contributed by atoms with Crippen molar-refractivity contribution in [1.82, 2.24) is 4.90 Å². The molecule has 1 aliphatic rings. The molecule has 0 amide bonds. The Morgan fingerprint density at radius 2 is 2.33 bits per heavy atom. The fraction of sp³-hybridized carbons (Fsp3) is 0.286. The molecule has 0 unspecified atom stereocenters. The third-order valence-electron chi connectivity index (χ3n) is 2.89. The van der Waals surface area contributed by atoms with Crippen molar-refractivity contribution in [2.24, 2.45) is 4.99 Å². The standard InChI is InChI=1S/C14H16N2O2/c1-4-15-14-12-6-5-11(10(2)17)9-13(12)18-8-7-16(14)3/h4-6,9H,1,7-8H2,2-3H3. The van der Waals surface area contributed by atoms with Crippen LogP contribution in [0.15, 0.2) is 36.0 Å². The molecule has 0 atom stereocenters. The van der Waals surface area contributed by atoms with E-state index in [1.54, 1.807) is 19.1 Å². The van der Waals surface area contributed by atoms with Crippen molar-refractivity contribution in [3.05, 3.63) is 42.1 Å². The second kappa shape index (κ2) is 5.04. The summed E-state index contributed by atoms with van der Waals surface area (Å²) < 4.78 is 5.68. The van der Waals surface area contributed by atoms with Crippen LogP contribution in [-0.4, -0.2) is 36.7 Å². The average molecular weight is 244 g/mol. The highest BCUT2D eigenvalue weighted by molar-refractivity contribution is 6.03. The highest BCUT2D eigenvalue weighted by Gasteiger charge is 2.19. The van der Waals surface area contributed by atoms with Gasteiger partial charge in [0.15, 0.2) is 5.78 Å². The zero-order valence-electron chi connectivity index (χ0n) is 10.6. The highest BCUT2D eigenvalue weighted by atomic mass is 16.5. The number of carbonyl (C=O) groups excluding carboxylic acids is 1. The summed E-state index contributed by atoms with van der Waals surface area (Å²) in [7, 11) is 1.96. The van der Waals surface area contributed by atoms with Crippen molar-refractivity contribution in [3.63, 3.8) is 0 Å². The van der Waals surface area contributed by atoms with Gasteiger partial charge in [-0.05, 0) is 19.1 Å². The van der Waals surface area contributed by atoms with Crippen LogP contribution in [0.4, 0.5) is 0 Å². The normalized spacial score (nSPS) is 16.8. The summed E-state index contributed by atoms with van der Waals surface area (Å²) in [6.07, 6.45) is 1.51. The number of rotatable bonds is 2. The summed E-state index contributed by atoms with van der Waals surface area (Å²) in [5, 5.41) is 0. The largest absolute Gasteiger partial charge is 0.491 e. The molecule has 0 fully saturated rings. The smallest absolute Gasteiger partial charge is 0.159 e. The minimum Gasteiger partial charge on any atom is -0.491 e. The van der Waals surface area contributed by atoms with Crippen molar-refractivity contribution >= 4 is 11.6 Å². The van der Waals surface area contributed by atoms with Gasteiger partial charge in [-0.3, -0.25) is 4.79 Å². The Hall–Kier alpha value is -2.10. The van der Waals surface area contributed by atoms with E-state index >= 15 is 0 Å². The number of Topliss-reactive ketones (excluding diaryl/α,β-unsaturated/α-hetero) is 1. The molecular formula is C14H16N2O2. The maximum Gasteiger partial charge on any atom is 0.159 e. The fourth-order valence-corrected chi connectivity index (χ4v) is 1.90. The van der Waals surface area contributed by atoms with Gasteiger partial charge >= 0.3 is 0 Å². The molecule has 0 radical (unpaired) electrons. The fourth-order valence-electron chi connectivity index (χ4n) is 1.90. The lowest BCUT2D eigenvalue weighted by Crippen LogP contribution is -2.28. The molecule has 2 rings (SSSR count). The van der Waals surface area contributed by atoms with E-state index in [9.17, 15) is 4.79 Å². The molecule has 0 spiro atoms. The predicted molar refractivity (Wildman–Crippen MR) is 71.3 cm³/mol. The molecule has 0 N–H and O–H groups in total. The minimum atomic E-state index is 0.0289. The van der Waals surface area contributed by atoms with Gasteiger partial charge in [-0.15, -0.1) is 0 Å². The van der Waals surface area contributed by atoms with E-state index in [-0.39, 0.29) is 5.78 Å². The second-order valence-corrected chi connectivity index (χ2v) is 4.17. The molecule has 0 aliphatic carbocycles. The minimum absolute atomic E-state index is 0.0289. The first kappa shape index (κ1) is 12.4. The molecule has 1 aromatic carbocycles. The van der Waals surface area contributed by atoms with Gasteiger partial charge in [0.25, 0.3) is 0 Å². The Balaban J connectivity index is 2.54. The molecule has 94 valence electrons. The van der Waals surface area contributed by atoms with Crippen molar-refractivity contribution in [2.75, 3.05) is 20.2 Å². The quantitative estimate of drug-likeness (QED) is 0.748.